The Kier molecular flexibility index (Phi) is 5.65. The van der Waals surface area contributed by atoms with Crippen molar-refractivity contribution in [1.82, 2.24) is 0 Å². The average molecular weight is 304 g/mol. The molecule has 4 atom stereocenters. The SMILES string of the molecule is CC(=O)O[C@H]1[C@H](OC(C)=O)[C@@H](C(=O)O)OC[C@@H]1OC(C)=O. The van der Waals surface area contributed by atoms with Gasteiger partial charge in [-0.1, -0.05) is 0 Å². The number of carbonyl (C=O) groups excluding carboxylic acids is 3. The number of aliphatic carboxylic acids is 1. The lowest BCUT2D eigenvalue weighted by Gasteiger charge is -2.38. The third-order valence-electron chi connectivity index (χ3n) is 2.59. The molecule has 9 heteroatoms. The highest BCUT2D eigenvalue weighted by Gasteiger charge is 2.49. The van der Waals surface area contributed by atoms with Gasteiger partial charge in [0.1, 0.15) is 0 Å². The van der Waals surface area contributed by atoms with Crippen molar-refractivity contribution >= 4 is 23.9 Å². The molecule has 21 heavy (non-hydrogen) atoms. The number of hydrogen-bond acceptors (Lipinski definition) is 8. The van der Waals surface area contributed by atoms with Crippen LogP contribution in [0.3, 0.4) is 0 Å². The van der Waals surface area contributed by atoms with Crippen molar-refractivity contribution < 1.29 is 43.2 Å². The second-order valence-corrected chi connectivity index (χ2v) is 4.39. The number of esters is 3. The van der Waals surface area contributed by atoms with Crippen LogP contribution in [0.5, 0.6) is 0 Å². The van der Waals surface area contributed by atoms with Crippen molar-refractivity contribution in [3.63, 3.8) is 0 Å². The summed E-state index contributed by atoms with van der Waals surface area (Å²) in [5.41, 5.74) is 0. The lowest BCUT2D eigenvalue weighted by atomic mass is 9.99. The Bertz CT molecular complexity index is 444. The van der Waals surface area contributed by atoms with E-state index in [1.54, 1.807) is 0 Å². The number of ether oxygens (including phenoxy) is 4. The Hall–Kier alpha value is -2.16. The molecule has 0 aromatic rings. The van der Waals surface area contributed by atoms with Crippen LogP contribution >= 0.6 is 0 Å². The summed E-state index contributed by atoms with van der Waals surface area (Å²) < 4.78 is 19.8. The first-order valence-corrected chi connectivity index (χ1v) is 6.08. The van der Waals surface area contributed by atoms with Crippen LogP contribution in [-0.4, -0.2) is 60.0 Å². The zero-order valence-corrected chi connectivity index (χ0v) is 11.7. The normalized spacial score (nSPS) is 28.3. The van der Waals surface area contributed by atoms with Crippen LogP contribution in [0.4, 0.5) is 0 Å². The highest BCUT2D eigenvalue weighted by Crippen LogP contribution is 2.24. The van der Waals surface area contributed by atoms with Gasteiger partial charge in [0.05, 0.1) is 6.61 Å². The number of carboxylic acid groups (broad SMARTS) is 1. The topological polar surface area (TPSA) is 125 Å². The fourth-order valence-corrected chi connectivity index (χ4v) is 1.95. The van der Waals surface area contributed by atoms with Gasteiger partial charge in [0.15, 0.2) is 24.4 Å². The molecule has 1 fully saturated rings. The van der Waals surface area contributed by atoms with Gasteiger partial charge in [-0.3, -0.25) is 14.4 Å². The van der Waals surface area contributed by atoms with Gasteiger partial charge < -0.3 is 24.1 Å². The molecule has 0 aliphatic carbocycles. The molecule has 0 unspecified atom stereocenters. The highest BCUT2D eigenvalue weighted by atomic mass is 16.6. The fourth-order valence-electron chi connectivity index (χ4n) is 1.95. The Labute approximate surface area is 120 Å². The summed E-state index contributed by atoms with van der Waals surface area (Å²) in [5.74, 6) is -3.58. The van der Waals surface area contributed by atoms with E-state index in [9.17, 15) is 19.2 Å². The molecule has 0 spiro atoms. The van der Waals surface area contributed by atoms with Gasteiger partial charge in [-0.2, -0.15) is 0 Å². The first-order valence-electron chi connectivity index (χ1n) is 6.08. The molecule has 118 valence electrons. The maximum atomic E-state index is 11.2. The molecule has 1 heterocycles. The highest BCUT2D eigenvalue weighted by molar-refractivity contribution is 5.75. The molecule has 0 radical (unpaired) electrons. The zero-order valence-electron chi connectivity index (χ0n) is 11.7. The van der Waals surface area contributed by atoms with Crippen molar-refractivity contribution in [3.05, 3.63) is 0 Å². The minimum Gasteiger partial charge on any atom is -0.479 e. The van der Waals surface area contributed by atoms with Gasteiger partial charge >= 0.3 is 23.9 Å². The third kappa shape index (κ3) is 4.71. The van der Waals surface area contributed by atoms with E-state index in [0.717, 1.165) is 20.8 Å². The summed E-state index contributed by atoms with van der Waals surface area (Å²) in [6, 6.07) is 0. The summed E-state index contributed by atoms with van der Waals surface area (Å²) in [7, 11) is 0. The van der Waals surface area contributed by atoms with Crippen LogP contribution in [0.15, 0.2) is 0 Å². The summed E-state index contributed by atoms with van der Waals surface area (Å²) >= 11 is 0. The van der Waals surface area contributed by atoms with Crippen molar-refractivity contribution in [2.45, 2.75) is 45.2 Å². The number of rotatable bonds is 4. The van der Waals surface area contributed by atoms with Crippen LogP contribution in [0.25, 0.3) is 0 Å². The van der Waals surface area contributed by atoms with Crippen LogP contribution < -0.4 is 0 Å². The van der Waals surface area contributed by atoms with Crippen molar-refractivity contribution in [3.8, 4) is 0 Å². The van der Waals surface area contributed by atoms with Crippen LogP contribution in [-0.2, 0) is 38.1 Å². The fraction of sp³-hybridized carbons (Fsp3) is 0.667. The van der Waals surface area contributed by atoms with E-state index in [-0.39, 0.29) is 6.61 Å². The Morgan fingerprint density at radius 1 is 0.905 bits per heavy atom. The lowest BCUT2D eigenvalue weighted by molar-refractivity contribution is -0.228. The Balaban J connectivity index is 3.06. The minimum absolute atomic E-state index is 0.299. The molecule has 0 aromatic carbocycles. The van der Waals surface area contributed by atoms with Gasteiger partial charge in [-0.05, 0) is 0 Å². The van der Waals surface area contributed by atoms with Gasteiger partial charge in [-0.15, -0.1) is 0 Å². The van der Waals surface area contributed by atoms with E-state index in [4.69, 9.17) is 24.1 Å². The summed E-state index contributed by atoms with van der Waals surface area (Å²) in [4.78, 5) is 44.5. The van der Waals surface area contributed by atoms with Gasteiger partial charge in [0.25, 0.3) is 0 Å². The molecule has 1 rings (SSSR count). The van der Waals surface area contributed by atoms with E-state index in [1.807, 2.05) is 0 Å². The number of carboxylic acids is 1. The molecular weight excluding hydrogens is 288 g/mol. The zero-order chi connectivity index (χ0) is 16.2. The van der Waals surface area contributed by atoms with E-state index >= 15 is 0 Å². The van der Waals surface area contributed by atoms with Gasteiger partial charge in [0.2, 0.25) is 0 Å². The third-order valence-corrected chi connectivity index (χ3v) is 2.59. The monoisotopic (exact) mass is 304 g/mol. The molecule has 1 N–H and O–H groups in total. The Morgan fingerprint density at radius 2 is 1.38 bits per heavy atom. The standard InChI is InChI=1S/C12H16O9/c1-5(13)19-8-4-18-11(12(16)17)10(21-7(3)15)9(8)20-6(2)14/h8-11H,4H2,1-3H3,(H,16,17)/t8-,9+,10-,11-/m0/s1. The molecule has 0 saturated carbocycles. The molecule has 1 aliphatic heterocycles. The van der Waals surface area contributed by atoms with E-state index in [0.29, 0.717) is 0 Å². The summed E-state index contributed by atoms with van der Waals surface area (Å²) in [6.45, 7) is 3.00. The molecular formula is C12H16O9. The first-order chi connectivity index (χ1) is 9.72. The predicted molar refractivity (Wildman–Crippen MR) is 64.0 cm³/mol. The van der Waals surface area contributed by atoms with Gasteiger partial charge in [-0.25, -0.2) is 4.79 Å². The molecule has 1 aliphatic rings. The van der Waals surface area contributed by atoms with Gasteiger partial charge in [0, 0.05) is 20.8 Å². The predicted octanol–water partition coefficient (Wildman–Crippen LogP) is -0.735. The average Bonchev–Trinajstić information content (AvgIpc) is 2.31. The molecule has 0 bridgehead atoms. The van der Waals surface area contributed by atoms with Crippen molar-refractivity contribution in [2.75, 3.05) is 6.61 Å². The second kappa shape index (κ2) is 7.02. The number of hydrogen-bond donors (Lipinski definition) is 1. The van der Waals surface area contributed by atoms with E-state index < -0.39 is 48.3 Å². The van der Waals surface area contributed by atoms with Crippen LogP contribution in [0.1, 0.15) is 20.8 Å². The molecule has 9 nitrogen and oxygen atoms in total. The Morgan fingerprint density at radius 3 is 1.81 bits per heavy atom. The maximum absolute atomic E-state index is 11.2. The van der Waals surface area contributed by atoms with Crippen LogP contribution in [0.2, 0.25) is 0 Å². The lowest BCUT2D eigenvalue weighted by Crippen LogP contribution is -2.59. The molecule has 0 amide bonds. The second-order valence-electron chi connectivity index (χ2n) is 4.39. The summed E-state index contributed by atoms with van der Waals surface area (Å²) in [6.07, 6.45) is -5.26. The quantitative estimate of drug-likeness (QED) is 0.528. The smallest absolute Gasteiger partial charge is 0.336 e. The number of carbonyl (C=O) groups is 4. The molecule has 0 aromatic heterocycles. The van der Waals surface area contributed by atoms with E-state index in [1.165, 1.54) is 0 Å². The first kappa shape index (κ1) is 16.9. The maximum Gasteiger partial charge on any atom is 0.336 e. The van der Waals surface area contributed by atoms with E-state index in [2.05, 4.69) is 0 Å². The minimum atomic E-state index is -1.52. The van der Waals surface area contributed by atoms with Crippen LogP contribution in [0, 0.1) is 0 Å². The molecule has 1 saturated heterocycles. The van der Waals surface area contributed by atoms with Crippen molar-refractivity contribution in [1.29, 1.82) is 0 Å². The van der Waals surface area contributed by atoms with Crippen molar-refractivity contribution in [2.24, 2.45) is 0 Å². The summed E-state index contributed by atoms with van der Waals surface area (Å²) in [5, 5.41) is 9.08. The largest absolute Gasteiger partial charge is 0.479 e.